The van der Waals surface area contributed by atoms with Gasteiger partial charge in [0.05, 0.1) is 12.4 Å². The van der Waals surface area contributed by atoms with Crippen molar-refractivity contribution < 1.29 is 14.3 Å². The number of aryl methyl sites for hydroxylation is 2. The molecule has 1 unspecified atom stereocenters. The topological polar surface area (TPSA) is 74.2 Å². The summed E-state index contributed by atoms with van der Waals surface area (Å²) in [4.78, 5) is 29.0. The second-order valence-corrected chi connectivity index (χ2v) is 8.24. The number of amidine groups is 1. The van der Waals surface area contributed by atoms with E-state index in [1.54, 1.807) is 22.2 Å². The minimum atomic E-state index is -0.630. The van der Waals surface area contributed by atoms with E-state index in [9.17, 15) is 9.59 Å². The Morgan fingerprint density at radius 1 is 1.16 bits per heavy atom. The maximum atomic E-state index is 13.0. The summed E-state index contributed by atoms with van der Waals surface area (Å²) in [5.74, 6) is 0.905. The summed E-state index contributed by atoms with van der Waals surface area (Å²) in [6.45, 7) is 6.42. The molecule has 2 heterocycles. The lowest BCUT2D eigenvalue weighted by Gasteiger charge is -2.31. The molecule has 0 aromatic heterocycles. The molecule has 0 saturated carbocycles. The number of thioether (sulfide) groups is 1. The van der Waals surface area contributed by atoms with E-state index in [0.717, 1.165) is 28.1 Å². The molecule has 8 heteroatoms. The molecule has 2 aromatic carbocycles. The molecular formula is C23H24N4O3S. The summed E-state index contributed by atoms with van der Waals surface area (Å²) in [6.07, 6.45) is 2.89. The number of hydrazone groups is 1. The smallest absolute Gasteiger partial charge is 0.276 e. The Labute approximate surface area is 185 Å². The largest absolute Gasteiger partial charge is 0.494 e. The van der Waals surface area contributed by atoms with Crippen LogP contribution < -0.4 is 15.1 Å². The number of nitrogens with zero attached hydrogens (tertiary/aromatic N) is 3. The van der Waals surface area contributed by atoms with E-state index in [2.05, 4.69) is 10.5 Å². The second-order valence-electron chi connectivity index (χ2n) is 7.30. The second kappa shape index (κ2) is 8.85. The van der Waals surface area contributed by atoms with Gasteiger partial charge < -0.3 is 4.74 Å². The highest BCUT2D eigenvalue weighted by Crippen LogP contribution is 2.27. The summed E-state index contributed by atoms with van der Waals surface area (Å²) in [5.41, 5.74) is 6.37. The molecule has 7 nitrogen and oxygen atoms in total. The molecule has 1 N–H and O–H groups in total. The van der Waals surface area contributed by atoms with Gasteiger partial charge in [0.15, 0.2) is 11.0 Å². The van der Waals surface area contributed by atoms with Crippen LogP contribution in [-0.4, -0.2) is 40.3 Å². The van der Waals surface area contributed by atoms with Gasteiger partial charge in [0, 0.05) is 23.7 Å². The quantitative estimate of drug-likeness (QED) is 0.697. The first-order valence-electron chi connectivity index (χ1n) is 10.1. The Balaban J connectivity index is 1.42. The Kier molecular flexibility index (Phi) is 5.99. The van der Waals surface area contributed by atoms with Crippen molar-refractivity contribution in [3.8, 4) is 5.75 Å². The zero-order valence-electron chi connectivity index (χ0n) is 17.7. The van der Waals surface area contributed by atoms with Crippen LogP contribution in [0.15, 0.2) is 60.0 Å². The highest BCUT2D eigenvalue weighted by atomic mass is 32.2. The Bertz CT molecular complexity index is 1060. The van der Waals surface area contributed by atoms with Crippen LogP contribution in [0.5, 0.6) is 5.75 Å². The van der Waals surface area contributed by atoms with Gasteiger partial charge in [0.25, 0.3) is 5.91 Å². The summed E-state index contributed by atoms with van der Waals surface area (Å²) in [7, 11) is 0. The monoisotopic (exact) mass is 436 g/mol. The third-order valence-electron chi connectivity index (χ3n) is 5.08. The average Bonchev–Trinajstić information content (AvgIpc) is 3.19. The summed E-state index contributed by atoms with van der Waals surface area (Å²) in [6, 6.07) is 13.2. The average molecular weight is 437 g/mol. The van der Waals surface area contributed by atoms with Crippen LogP contribution in [0.1, 0.15) is 28.4 Å². The van der Waals surface area contributed by atoms with Gasteiger partial charge in [-0.1, -0.05) is 29.5 Å². The number of amides is 1. The lowest BCUT2D eigenvalue weighted by atomic mass is 10.0. The first-order valence-corrected chi connectivity index (χ1v) is 11.1. The van der Waals surface area contributed by atoms with Crippen molar-refractivity contribution >= 4 is 34.3 Å². The highest BCUT2D eigenvalue weighted by molar-refractivity contribution is 8.14. The number of anilines is 1. The molecule has 0 fully saturated rings. The van der Waals surface area contributed by atoms with Gasteiger partial charge in [-0.15, -0.1) is 0 Å². The molecule has 1 atom stereocenters. The number of benzene rings is 2. The van der Waals surface area contributed by atoms with Crippen molar-refractivity contribution in [3.63, 3.8) is 0 Å². The van der Waals surface area contributed by atoms with Gasteiger partial charge in [0.1, 0.15) is 5.75 Å². The van der Waals surface area contributed by atoms with E-state index in [-0.39, 0.29) is 17.4 Å². The minimum absolute atomic E-state index is 0.0423. The van der Waals surface area contributed by atoms with Crippen LogP contribution >= 0.6 is 11.8 Å². The summed E-state index contributed by atoms with van der Waals surface area (Å²) >= 11 is 1.32. The van der Waals surface area contributed by atoms with Crippen molar-refractivity contribution in [2.75, 3.05) is 17.3 Å². The summed E-state index contributed by atoms with van der Waals surface area (Å²) in [5, 5.41) is 4.88. The highest BCUT2D eigenvalue weighted by Gasteiger charge is 2.38. The van der Waals surface area contributed by atoms with Crippen molar-refractivity contribution in [1.29, 1.82) is 0 Å². The van der Waals surface area contributed by atoms with Crippen molar-refractivity contribution in [1.82, 2.24) is 10.3 Å². The zero-order chi connectivity index (χ0) is 22.0. The molecule has 0 radical (unpaired) electrons. The molecule has 0 saturated heterocycles. The lowest BCUT2D eigenvalue weighted by Crippen LogP contribution is -2.52. The van der Waals surface area contributed by atoms with Crippen LogP contribution in [0.2, 0.25) is 0 Å². The molecule has 2 aliphatic heterocycles. The minimum Gasteiger partial charge on any atom is -0.494 e. The molecule has 2 aromatic rings. The van der Waals surface area contributed by atoms with Gasteiger partial charge in [-0.2, -0.15) is 5.10 Å². The number of carbonyl (C=O) groups is 2. The SMILES string of the molecule is CCOc1ccc(N2C=CN3C(SCC(=O)c4cc(C)ccc4C)=NNC3C2=O)cc1. The number of ether oxygens (including phenoxy) is 1. The number of rotatable bonds is 6. The van der Waals surface area contributed by atoms with E-state index < -0.39 is 6.17 Å². The number of ketones is 1. The Morgan fingerprint density at radius 2 is 1.94 bits per heavy atom. The van der Waals surface area contributed by atoms with Gasteiger partial charge in [-0.3, -0.25) is 24.8 Å². The molecule has 160 valence electrons. The van der Waals surface area contributed by atoms with Crippen LogP contribution in [-0.2, 0) is 4.79 Å². The fraction of sp³-hybridized carbons (Fsp3) is 0.261. The van der Waals surface area contributed by atoms with E-state index in [4.69, 9.17) is 4.74 Å². The predicted octanol–water partition coefficient (Wildman–Crippen LogP) is 3.64. The fourth-order valence-electron chi connectivity index (χ4n) is 3.45. The van der Waals surface area contributed by atoms with Crippen molar-refractivity contribution in [2.24, 2.45) is 5.10 Å². The molecule has 1 amide bonds. The number of Topliss-reactive ketones (excluding diaryl/α,β-unsaturated/α-hetero) is 1. The van der Waals surface area contributed by atoms with Gasteiger partial charge in [0.2, 0.25) is 6.17 Å². The fourth-order valence-corrected chi connectivity index (χ4v) is 4.30. The summed E-state index contributed by atoms with van der Waals surface area (Å²) < 4.78 is 5.46. The predicted molar refractivity (Wildman–Crippen MR) is 123 cm³/mol. The molecule has 4 rings (SSSR count). The van der Waals surface area contributed by atoms with Crippen molar-refractivity contribution in [2.45, 2.75) is 26.9 Å². The van der Waals surface area contributed by atoms with Gasteiger partial charge in [-0.05, 0) is 56.7 Å². The first kappa shape index (κ1) is 21.0. The Hall–Kier alpha value is -3.26. The van der Waals surface area contributed by atoms with Crippen LogP contribution in [0.4, 0.5) is 5.69 Å². The van der Waals surface area contributed by atoms with E-state index >= 15 is 0 Å². The zero-order valence-corrected chi connectivity index (χ0v) is 18.5. The van der Waals surface area contributed by atoms with E-state index in [0.29, 0.717) is 11.8 Å². The third kappa shape index (κ3) is 4.29. The van der Waals surface area contributed by atoms with E-state index in [1.165, 1.54) is 11.8 Å². The molecular weight excluding hydrogens is 412 g/mol. The molecule has 31 heavy (non-hydrogen) atoms. The van der Waals surface area contributed by atoms with Crippen molar-refractivity contribution in [3.05, 3.63) is 71.6 Å². The van der Waals surface area contributed by atoms with Crippen LogP contribution in [0.3, 0.4) is 0 Å². The third-order valence-corrected chi connectivity index (χ3v) is 6.05. The normalized spacial score (nSPS) is 17.3. The van der Waals surface area contributed by atoms with E-state index in [1.807, 2.05) is 63.2 Å². The van der Waals surface area contributed by atoms with Crippen LogP contribution in [0, 0.1) is 13.8 Å². The standard InChI is InChI=1S/C23H24N4O3S/c1-4-30-18-9-7-17(8-10-18)26-11-12-27-21(22(26)29)24-25-23(27)31-14-20(28)19-13-15(2)5-6-16(19)3/h5-13,21,24H,4,14H2,1-3H3. The maximum absolute atomic E-state index is 13.0. The van der Waals surface area contributed by atoms with Gasteiger partial charge >= 0.3 is 0 Å². The number of hydrogen-bond acceptors (Lipinski definition) is 7. The molecule has 2 aliphatic rings. The molecule has 0 aliphatic carbocycles. The molecule has 0 spiro atoms. The number of hydrogen-bond donors (Lipinski definition) is 1. The molecule has 0 bridgehead atoms. The number of carbonyl (C=O) groups excluding carboxylic acids is 2. The van der Waals surface area contributed by atoms with Gasteiger partial charge in [-0.25, -0.2) is 0 Å². The number of nitrogens with one attached hydrogen (secondary N) is 1. The number of fused-ring (bicyclic) bond motifs is 1. The maximum Gasteiger partial charge on any atom is 0.276 e. The Morgan fingerprint density at radius 3 is 2.68 bits per heavy atom. The lowest BCUT2D eigenvalue weighted by molar-refractivity contribution is -0.122. The first-order chi connectivity index (χ1) is 15.0. The van der Waals surface area contributed by atoms with Crippen LogP contribution in [0.25, 0.3) is 0 Å².